The Hall–Kier alpha value is -1.59. The molecular weight excluding hydrogens is 332 g/mol. The van der Waals surface area contributed by atoms with E-state index in [2.05, 4.69) is 33.2 Å². The number of halogens is 1. The zero-order chi connectivity index (χ0) is 15.1. The van der Waals surface area contributed by atoms with E-state index < -0.39 is 0 Å². The van der Waals surface area contributed by atoms with Gasteiger partial charge in [0.1, 0.15) is 6.61 Å². The molecule has 0 radical (unpaired) electrons. The van der Waals surface area contributed by atoms with Crippen LogP contribution in [0.1, 0.15) is 18.2 Å². The molecule has 0 saturated heterocycles. The molecule has 0 saturated carbocycles. The van der Waals surface area contributed by atoms with Crippen molar-refractivity contribution in [2.24, 2.45) is 0 Å². The van der Waals surface area contributed by atoms with Crippen molar-refractivity contribution in [3.63, 3.8) is 0 Å². The van der Waals surface area contributed by atoms with Crippen molar-refractivity contribution in [2.75, 3.05) is 13.7 Å². The number of rotatable bonds is 7. The first kappa shape index (κ1) is 15.8. The summed E-state index contributed by atoms with van der Waals surface area (Å²) < 4.78 is 12.1. The van der Waals surface area contributed by atoms with Gasteiger partial charge in [-0.3, -0.25) is 4.98 Å². The van der Waals surface area contributed by atoms with E-state index in [0.717, 1.165) is 34.8 Å². The van der Waals surface area contributed by atoms with Crippen LogP contribution in [0, 0.1) is 0 Å². The number of hydrogen-bond acceptors (Lipinski definition) is 4. The number of hydrogen-bond donors (Lipinski definition) is 1. The summed E-state index contributed by atoms with van der Waals surface area (Å²) in [6.07, 6.45) is 1.76. The molecule has 1 aromatic carbocycles. The number of methoxy groups -OCH3 is 1. The quantitative estimate of drug-likeness (QED) is 0.829. The first-order valence-corrected chi connectivity index (χ1v) is 7.63. The second-order valence-corrected chi connectivity index (χ2v) is 5.44. The molecule has 1 heterocycles. The average Bonchev–Trinajstić information content (AvgIpc) is 2.52. The molecule has 0 unspecified atom stereocenters. The molecule has 112 valence electrons. The summed E-state index contributed by atoms with van der Waals surface area (Å²) in [5.74, 6) is 1.46. The van der Waals surface area contributed by atoms with Gasteiger partial charge in [0.05, 0.1) is 12.8 Å². The summed E-state index contributed by atoms with van der Waals surface area (Å²) in [4.78, 5) is 4.28. The van der Waals surface area contributed by atoms with E-state index in [1.54, 1.807) is 13.3 Å². The minimum atomic E-state index is 0.413. The number of nitrogens with zero attached hydrogens (tertiary/aromatic N) is 1. The molecule has 0 bridgehead atoms. The van der Waals surface area contributed by atoms with Gasteiger partial charge in [0.2, 0.25) is 0 Å². The fourth-order valence-corrected chi connectivity index (χ4v) is 2.09. The van der Waals surface area contributed by atoms with Crippen molar-refractivity contribution in [3.05, 3.63) is 52.3 Å². The van der Waals surface area contributed by atoms with Crippen molar-refractivity contribution < 1.29 is 9.47 Å². The van der Waals surface area contributed by atoms with Crippen LogP contribution in [0.15, 0.2) is 41.0 Å². The standard InChI is InChI=1S/C16H19BrN2O2/c1-3-18-9-12-4-7-15(16(8-12)20-2)21-11-14-6-5-13(17)10-19-14/h4-8,10,18H,3,9,11H2,1-2H3. The molecule has 0 aliphatic rings. The Balaban J connectivity index is 2.03. The van der Waals surface area contributed by atoms with Gasteiger partial charge in [0, 0.05) is 17.2 Å². The Morgan fingerprint density at radius 3 is 2.71 bits per heavy atom. The van der Waals surface area contributed by atoms with Gasteiger partial charge in [-0.15, -0.1) is 0 Å². The predicted molar refractivity (Wildman–Crippen MR) is 86.6 cm³/mol. The highest BCUT2D eigenvalue weighted by molar-refractivity contribution is 9.10. The van der Waals surface area contributed by atoms with Gasteiger partial charge in [-0.05, 0) is 52.3 Å². The molecule has 1 N–H and O–H groups in total. The van der Waals surface area contributed by atoms with E-state index in [1.807, 2.05) is 30.3 Å². The molecular formula is C16H19BrN2O2. The second-order valence-electron chi connectivity index (χ2n) is 4.52. The first-order valence-electron chi connectivity index (χ1n) is 6.83. The predicted octanol–water partition coefficient (Wildman–Crippen LogP) is 3.54. The van der Waals surface area contributed by atoms with Gasteiger partial charge in [-0.2, -0.15) is 0 Å². The Bertz CT molecular complexity index is 573. The third-order valence-electron chi connectivity index (χ3n) is 2.97. The zero-order valence-corrected chi connectivity index (χ0v) is 13.8. The molecule has 1 aromatic heterocycles. The summed E-state index contributed by atoms with van der Waals surface area (Å²) >= 11 is 3.36. The molecule has 2 aromatic rings. The van der Waals surface area contributed by atoms with Crippen LogP contribution < -0.4 is 14.8 Å². The van der Waals surface area contributed by atoms with Crippen molar-refractivity contribution in [1.29, 1.82) is 0 Å². The Morgan fingerprint density at radius 1 is 1.19 bits per heavy atom. The van der Waals surface area contributed by atoms with Crippen molar-refractivity contribution in [2.45, 2.75) is 20.1 Å². The molecule has 0 fully saturated rings. The maximum atomic E-state index is 5.79. The van der Waals surface area contributed by atoms with Crippen LogP contribution in [0.4, 0.5) is 0 Å². The summed E-state index contributed by atoms with van der Waals surface area (Å²) in [6, 6.07) is 9.84. The zero-order valence-electron chi connectivity index (χ0n) is 12.2. The van der Waals surface area contributed by atoms with Crippen molar-refractivity contribution in [1.82, 2.24) is 10.3 Å². The molecule has 0 spiro atoms. The summed E-state index contributed by atoms with van der Waals surface area (Å²) in [5, 5.41) is 3.29. The van der Waals surface area contributed by atoms with Crippen LogP contribution in [-0.4, -0.2) is 18.6 Å². The Morgan fingerprint density at radius 2 is 2.05 bits per heavy atom. The van der Waals surface area contributed by atoms with E-state index in [1.165, 1.54) is 5.56 Å². The van der Waals surface area contributed by atoms with Gasteiger partial charge in [-0.1, -0.05) is 13.0 Å². The molecule has 0 atom stereocenters. The minimum Gasteiger partial charge on any atom is -0.493 e. The Labute approximate surface area is 133 Å². The fourth-order valence-electron chi connectivity index (χ4n) is 1.85. The highest BCUT2D eigenvalue weighted by atomic mass is 79.9. The number of benzene rings is 1. The van der Waals surface area contributed by atoms with E-state index in [-0.39, 0.29) is 0 Å². The normalized spacial score (nSPS) is 10.4. The lowest BCUT2D eigenvalue weighted by Crippen LogP contribution is -2.11. The van der Waals surface area contributed by atoms with Gasteiger partial charge in [0.15, 0.2) is 11.5 Å². The topological polar surface area (TPSA) is 43.4 Å². The third-order valence-corrected chi connectivity index (χ3v) is 3.44. The van der Waals surface area contributed by atoms with Crippen LogP contribution in [0.3, 0.4) is 0 Å². The van der Waals surface area contributed by atoms with Crippen molar-refractivity contribution >= 4 is 15.9 Å². The highest BCUT2D eigenvalue weighted by Crippen LogP contribution is 2.28. The largest absolute Gasteiger partial charge is 0.493 e. The second kappa shape index (κ2) is 8.00. The van der Waals surface area contributed by atoms with E-state index in [4.69, 9.17) is 9.47 Å². The molecule has 0 amide bonds. The maximum Gasteiger partial charge on any atom is 0.161 e. The van der Waals surface area contributed by atoms with E-state index in [0.29, 0.717) is 6.61 Å². The number of ether oxygens (including phenoxy) is 2. The highest BCUT2D eigenvalue weighted by Gasteiger charge is 2.06. The van der Waals surface area contributed by atoms with Crippen LogP contribution in [0.2, 0.25) is 0 Å². The lowest BCUT2D eigenvalue weighted by molar-refractivity contribution is 0.280. The SMILES string of the molecule is CCNCc1ccc(OCc2ccc(Br)cn2)c(OC)c1. The number of nitrogens with one attached hydrogen (secondary N) is 1. The van der Waals surface area contributed by atoms with Gasteiger partial charge in [0.25, 0.3) is 0 Å². The average molecular weight is 351 g/mol. The minimum absolute atomic E-state index is 0.413. The van der Waals surface area contributed by atoms with E-state index >= 15 is 0 Å². The summed E-state index contributed by atoms with van der Waals surface area (Å²) in [5.41, 5.74) is 2.04. The number of aromatic nitrogens is 1. The smallest absolute Gasteiger partial charge is 0.161 e. The molecule has 0 aliphatic heterocycles. The van der Waals surface area contributed by atoms with Gasteiger partial charge < -0.3 is 14.8 Å². The van der Waals surface area contributed by atoms with Crippen LogP contribution in [0.5, 0.6) is 11.5 Å². The van der Waals surface area contributed by atoms with Crippen LogP contribution >= 0.6 is 15.9 Å². The van der Waals surface area contributed by atoms with Gasteiger partial charge >= 0.3 is 0 Å². The molecule has 5 heteroatoms. The molecule has 2 rings (SSSR count). The first-order chi connectivity index (χ1) is 10.2. The maximum absolute atomic E-state index is 5.79. The Kier molecular flexibility index (Phi) is 6.02. The fraction of sp³-hybridized carbons (Fsp3) is 0.312. The van der Waals surface area contributed by atoms with Gasteiger partial charge in [-0.25, -0.2) is 0 Å². The van der Waals surface area contributed by atoms with E-state index in [9.17, 15) is 0 Å². The summed E-state index contributed by atoms with van der Waals surface area (Å²) in [6.45, 7) is 4.26. The van der Waals surface area contributed by atoms with Crippen LogP contribution in [-0.2, 0) is 13.2 Å². The lowest BCUT2D eigenvalue weighted by Gasteiger charge is -2.12. The lowest BCUT2D eigenvalue weighted by atomic mass is 10.2. The molecule has 4 nitrogen and oxygen atoms in total. The molecule has 21 heavy (non-hydrogen) atoms. The third kappa shape index (κ3) is 4.72. The number of pyridine rings is 1. The monoisotopic (exact) mass is 350 g/mol. The van der Waals surface area contributed by atoms with Crippen LogP contribution in [0.25, 0.3) is 0 Å². The van der Waals surface area contributed by atoms with Crippen molar-refractivity contribution in [3.8, 4) is 11.5 Å². The summed E-state index contributed by atoms with van der Waals surface area (Å²) in [7, 11) is 1.65. The molecule has 0 aliphatic carbocycles.